The fraction of sp³-hybridized carbons (Fsp3) is 0.130. The van der Waals surface area contributed by atoms with Crippen LogP contribution >= 0.6 is 11.8 Å². The second kappa shape index (κ2) is 8.31. The Kier molecular flexibility index (Phi) is 5.44. The summed E-state index contributed by atoms with van der Waals surface area (Å²) >= 11 is 1.50. The summed E-state index contributed by atoms with van der Waals surface area (Å²) in [5.74, 6) is 0.631. The lowest BCUT2D eigenvalue weighted by Gasteiger charge is -2.19. The lowest BCUT2D eigenvalue weighted by molar-refractivity contribution is 0.0784. The molecule has 0 saturated heterocycles. The van der Waals surface area contributed by atoms with Gasteiger partial charge < -0.3 is 9.32 Å². The minimum Gasteiger partial charge on any atom is -0.431 e. The Bertz CT molecular complexity index is 1060. The van der Waals surface area contributed by atoms with Gasteiger partial charge in [0, 0.05) is 24.9 Å². The van der Waals surface area contributed by atoms with Gasteiger partial charge in [0.05, 0.1) is 0 Å². The third-order valence-corrected chi connectivity index (χ3v) is 5.36. The molecular formula is C23H20N2O2S. The third-order valence-electron chi connectivity index (χ3n) is 4.48. The fourth-order valence-electron chi connectivity index (χ4n) is 3.04. The number of hydrogen-bond donors (Lipinski definition) is 0. The number of fused-ring (bicyclic) bond motifs is 1. The normalized spacial score (nSPS) is 10.9. The highest BCUT2D eigenvalue weighted by atomic mass is 32.2. The average Bonchev–Trinajstić information content (AvgIpc) is 3.15. The summed E-state index contributed by atoms with van der Waals surface area (Å²) in [6.07, 6.45) is 0. The topological polar surface area (TPSA) is 46.3 Å². The Hall–Kier alpha value is -3.05. The monoisotopic (exact) mass is 388 g/mol. The number of carbonyl (C=O) groups is 1. The van der Waals surface area contributed by atoms with E-state index in [2.05, 4.69) is 4.98 Å². The van der Waals surface area contributed by atoms with Crippen molar-refractivity contribution in [3.8, 4) is 0 Å². The first-order valence-electron chi connectivity index (χ1n) is 9.06. The average molecular weight is 388 g/mol. The van der Waals surface area contributed by atoms with Crippen molar-refractivity contribution in [1.29, 1.82) is 0 Å². The van der Waals surface area contributed by atoms with Crippen molar-refractivity contribution in [3.05, 3.63) is 95.6 Å². The van der Waals surface area contributed by atoms with E-state index in [1.165, 1.54) is 11.8 Å². The Balaban J connectivity index is 1.48. The van der Waals surface area contributed by atoms with Gasteiger partial charge in [-0.3, -0.25) is 4.79 Å². The van der Waals surface area contributed by atoms with E-state index < -0.39 is 0 Å². The standard InChI is InChI=1S/C23H20N2O2S/c1-25(15-17-9-3-2-4-10-17)22(26)19-12-6-5-11-18(19)16-28-23-24-20-13-7-8-14-21(20)27-23/h2-14H,15-16H2,1H3. The van der Waals surface area contributed by atoms with Crippen LogP contribution in [0.3, 0.4) is 0 Å². The Morgan fingerprint density at radius 2 is 1.68 bits per heavy atom. The van der Waals surface area contributed by atoms with Crippen LogP contribution in [0.2, 0.25) is 0 Å². The molecule has 1 aromatic heterocycles. The van der Waals surface area contributed by atoms with Gasteiger partial charge in [0.15, 0.2) is 5.58 Å². The van der Waals surface area contributed by atoms with E-state index in [4.69, 9.17) is 4.42 Å². The quantitative estimate of drug-likeness (QED) is 0.415. The van der Waals surface area contributed by atoms with Gasteiger partial charge in [-0.2, -0.15) is 0 Å². The van der Waals surface area contributed by atoms with Gasteiger partial charge in [-0.05, 0) is 29.3 Å². The molecule has 0 unspecified atom stereocenters. The summed E-state index contributed by atoms with van der Waals surface area (Å²) in [5, 5.41) is 0.612. The first-order chi connectivity index (χ1) is 13.7. The van der Waals surface area contributed by atoms with Crippen LogP contribution in [0.4, 0.5) is 0 Å². The zero-order valence-corrected chi connectivity index (χ0v) is 16.4. The molecule has 0 atom stereocenters. The van der Waals surface area contributed by atoms with E-state index in [-0.39, 0.29) is 5.91 Å². The zero-order chi connectivity index (χ0) is 19.3. The molecule has 0 spiro atoms. The summed E-state index contributed by atoms with van der Waals surface area (Å²) in [7, 11) is 1.83. The smallest absolute Gasteiger partial charge is 0.257 e. The molecule has 3 aromatic carbocycles. The van der Waals surface area contributed by atoms with E-state index in [1.54, 1.807) is 4.90 Å². The van der Waals surface area contributed by atoms with Crippen molar-refractivity contribution in [2.75, 3.05) is 7.05 Å². The summed E-state index contributed by atoms with van der Waals surface area (Å²) in [6.45, 7) is 0.576. The summed E-state index contributed by atoms with van der Waals surface area (Å²) < 4.78 is 5.77. The molecule has 0 saturated carbocycles. The zero-order valence-electron chi connectivity index (χ0n) is 15.5. The number of oxazole rings is 1. The molecule has 0 fully saturated rings. The van der Waals surface area contributed by atoms with Crippen LogP contribution in [0.1, 0.15) is 21.5 Å². The predicted molar refractivity (Wildman–Crippen MR) is 112 cm³/mol. The number of nitrogens with zero attached hydrogens (tertiary/aromatic N) is 2. The van der Waals surface area contributed by atoms with Crippen molar-refractivity contribution in [2.45, 2.75) is 17.5 Å². The molecule has 0 radical (unpaired) electrons. The molecular weight excluding hydrogens is 368 g/mol. The van der Waals surface area contributed by atoms with Crippen molar-refractivity contribution in [2.24, 2.45) is 0 Å². The number of carbonyl (C=O) groups excluding carboxylic acids is 1. The van der Waals surface area contributed by atoms with Crippen LogP contribution < -0.4 is 0 Å². The van der Waals surface area contributed by atoms with E-state index in [0.29, 0.717) is 23.1 Å². The number of thioether (sulfide) groups is 1. The van der Waals surface area contributed by atoms with Gasteiger partial charge in [0.25, 0.3) is 11.1 Å². The maximum atomic E-state index is 13.0. The van der Waals surface area contributed by atoms with Crippen LogP contribution in [-0.2, 0) is 12.3 Å². The first kappa shape index (κ1) is 18.3. The number of benzene rings is 3. The predicted octanol–water partition coefficient (Wildman–Crippen LogP) is 5.39. The molecule has 5 heteroatoms. The molecule has 4 nitrogen and oxygen atoms in total. The Morgan fingerprint density at radius 1 is 0.964 bits per heavy atom. The summed E-state index contributed by atoms with van der Waals surface area (Å²) in [6, 6.07) is 25.4. The second-order valence-corrected chi connectivity index (χ2v) is 7.47. The van der Waals surface area contributed by atoms with Crippen LogP contribution in [-0.4, -0.2) is 22.8 Å². The lowest BCUT2D eigenvalue weighted by atomic mass is 10.1. The van der Waals surface area contributed by atoms with Crippen LogP contribution in [0.5, 0.6) is 0 Å². The molecule has 1 heterocycles. The Morgan fingerprint density at radius 3 is 2.50 bits per heavy atom. The van der Waals surface area contributed by atoms with Gasteiger partial charge in [-0.15, -0.1) is 0 Å². The number of hydrogen-bond acceptors (Lipinski definition) is 4. The van der Waals surface area contributed by atoms with Crippen molar-refractivity contribution < 1.29 is 9.21 Å². The van der Waals surface area contributed by atoms with Gasteiger partial charge in [0.2, 0.25) is 0 Å². The molecule has 4 rings (SSSR count). The molecule has 0 aliphatic rings. The molecule has 0 N–H and O–H groups in total. The molecule has 140 valence electrons. The minimum absolute atomic E-state index is 0.0117. The lowest BCUT2D eigenvalue weighted by Crippen LogP contribution is -2.27. The Labute approximate surface area is 168 Å². The highest BCUT2D eigenvalue weighted by Crippen LogP contribution is 2.27. The van der Waals surface area contributed by atoms with Crippen LogP contribution in [0.15, 0.2) is 88.5 Å². The van der Waals surface area contributed by atoms with Gasteiger partial charge in [0.1, 0.15) is 5.52 Å². The molecule has 0 aliphatic heterocycles. The van der Waals surface area contributed by atoms with E-state index >= 15 is 0 Å². The van der Waals surface area contributed by atoms with Crippen molar-refractivity contribution >= 4 is 28.8 Å². The van der Waals surface area contributed by atoms with E-state index in [9.17, 15) is 4.79 Å². The van der Waals surface area contributed by atoms with Gasteiger partial charge in [-0.1, -0.05) is 72.4 Å². The highest BCUT2D eigenvalue weighted by Gasteiger charge is 2.16. The van der Waals surface area contributed by atoms with Gasteiger partial charge in [-0.25, -0.2) is 4.98 Å². The summed E-state index contributed by atoms with van der Waals surface area (Å²) in [5.41, 5.74) is 4.41. The molecule has 0 aliphatic carbocycles. The highest BCUT2D eigenvalue weighted by molar-refractivity contribution is 7.98. The van der Waals surface area contributed by atoms with Crippen molar-refractivity contribution in [3.63, 3.8) is 0 Å². The third kappa shape index (κ3) is 4.10. The fourth-order valence-corrected chi connectivity index (χ4v) is 3.88. The maximum Gasteiger partial charge on any atom is 0.257 e. The van der Waals surface area contributed by atoms with Crippen LogP contribution in [0.25, 0.3) is 11.1 Å². The summed E-state index contributed by atoms with van der Waals surface area (Å²) in [4.78, 5) is 19.2. The van der Waals surface area contributed by atoms with Crippen molar-refractivity contribution in [1.82, 2.24) is 9.88 Å². The largest absolute Gasteiger partial charge is 0.431 e. The molecule has 1 amide bonds. The molecule has 28 heavy (non-hydrogen) atoms. The molecule has 4 aromatic rings. The van der Waals surface area contributed by atoms with Crippen LogP contribution in [0, 0.1) is 0 Å². The SMILES string of the molecule is CN(Cc1ccccc1)C(=O)c1ccccc1CSc1nc2ccccc2o1. The maximum absolute atomic E-state index is 13.0. The second-order valence-electron chi connectivity index (χ2n) is 6.54. The first-order valence-corrected chi connectivity index (χ1v) is 10.0. The number of para-hydroxylation sites is 2. The van der Waals surface area contributed by atoms with Gasteiger partial charge >= 0.3 is 0 Å². The van der Waals surface area contributed by atoms with E-state index in [0.717, 1.165) is 22.2 Å². The molecule has 0 bridgehead atoms. The van der Waals surface area contributed by atoms with E-state index in [1.807, 2.05) is 85.9 Å². The number of amides is 1. The minimum atomic E-state index is 0.0117. The number of rotatable bonds is 6. The number of aromatic nitrogens is 1.